The highest BCUT2D eigenvalue weighted by Gasteiger charge is 2.21. The molecule has 0 aliphatic carbocycles. The first-order valence-electron chi connectivity index (χ1n) is 9.76. The topological polar surface area (TPSA) is 139 Å². The van der Waals surface area contributed by atoms with E-state index in [-0.39, 0.29) is 28.3 Å². The van der Waals surface area contributed by atoms with Crippen molar-refractivity contribution in [3.63, 3.8) is 0 Å². The smallest absolute Gasteiger partial charge is 0.267 e. The van der Waals surface area contributed by atoms with E-state index < -0.39 is 21.8 Å². The Bertz CT molecular complexity index is 1400. The van der Waals surface area contributed by atoms with Gasteiger partial charge in [0.1, 0.15) is 0 Å². The van der Waals surface area contributed by atoms with Gasteiger partial charge in [-0.3, -0.25) is 25.2 Å². The molecular formula is C21H23N5O5S. The Balaban J connectivity index is 1.90. The maximum absolute atomic E-state index is 12.8. The number of hydrogen-bond donors (Lipinski definition) is 3. The third kappa shape index (κ3) is 4.25. The predicted octanol–water partition coefficient (Wildman–Crippen LogP) is 1.02. The lowest BCUT2D eigenvalue weighted by Crippen LogP contribution is -2.43. The van der Waals surface area contributed by atoms with E-state index in [0.717, 1.165) is 4.68 Å². The van der Waals surface area contributed by atoms with E-state index in [1.807, 2.05) is 0 Å². The summed E-state index contributed by atoms with van der Waals surface area (Å²) >= 11 is 0. The second-order valence-electron chi connectivity index (χ2n) is 7.05. The Morgan fingerprint density at radius 1 is 1.03 bits per heavy atom. The van der Waals surface area contributed by atoms with Crippen molar-refractivity contribution in [1.82, 2.24) is 25.4 Å². The van der Waals surface area contributed by atoms with Crippen LogP contribution in [0.4, 0.5) is 0 Å². The highest BCUT2D eigenvalue weighted by molar-refractivity contribution is 7.89. The number of aryl methyl sites for hydroxylation is 2. The quantitative estimate of drug-likeness (QED) is 0.489. The first-order chi connectivity index (χ1) is 15.1. The summed E-state index contributed by atoms with van der Waals surface area (Å²) in [4.78, 5) is 37.8. The minimum absolute atomic E-state index is 0.0270. The first-order valence-corrected chi connectivity index (χ1v) is 11.2. The number of carbonyl (C=O) groups is 2. The molecule has 0 spiro atoms. The van der Waals surface area contributed by atoms with Crippen LogP contribution in [0.1, 0.15) is 38.9 Å². The number of carbonyl (C=O) groups excluding carboxylic acids is 2. The molecule has 3 N–H and O–H groups in total. The minimum atomic E-state index is -3.78. The van der Waals surface area contributed by atoms with Crippen LogP contribution in [0, 0.1) is 13.8 Å². The number of sulfonamides is 1. The van der Waals surface area contributed by atoms with Crippen molar-refractivity contribution in [3.8, 4) is 0 Å². The van der Waals surface area contributed by atoms with Crippen LogP contribution < -0.4 is 21.1 Å². The van der Waals surface area contributed by atoms with Gasteiger partial charge < -0.3 is 0 Å². The van der Waals surface area contributed by atoms with Gasteiger partial charge in [-0.05, 0) is 57.1 Å². The predicted molar refractivity (Wildman–Crippen MR) is 119 cm³/mol. The summed E-state index contributed by atoms with van der Waals surface area (Å²) in [5.41, 5.74) is 5.38. The zero-order valence-corrected chi connectivity index (χ0v) is 18.8. The van der Waals surface area contributed by atoms with E-state index in [9.17, 15) is 22.8 Å². The van der Waals surface area contributed by atoms with E-state index >= 15 is 0 Å². The number of amides is 2. The number of aromatic nitrogens is 2. The maximum atomic E-state index is 12.8. The van der Waals surface area contributed by atoms with Crippen molar-refractivity contribution in [1.29, 1.82) is 0 Å². The average molecular weight is 458 g/mol. The second-order valence-corrected chi connectivity index (χ2v) is 8.90. The van der Waals surface area contributed by atoms with Crippen LogP contribution in [0.2, 0.25) is 0 Å². The van der Waals surface area contributed by atoms with Crippen LogP contribution in [0.5, 0.6) is 0 Å². The molecule has 1 heterocycles. The fourth-order valence-electron chi connectivity index (χ4n) is 3.21. The molecule has 2 amide bonds. The van der Waals surface area contributed by atoms with Crippen LogP contribution in [-0.2, 0) is 16.6 Å². The van der Waals surface area contributed by atoms with E-state index in [1.165, 1.54) is 19.2 Å². The lowest BCUT2D eigenvalue weighted by molar-refractivity contribution is 0.0843. The summed E-state index contributed by atoms with van der Waals surface area (Å²) in [6.07, 6.45) is 0. The Morgan fingerprint density at radius 2 is 1.66 bits per heavy atom. The third-order valence-electron chi connectivity index (χ3n) is 5.11. The molecule has 0 saturated carbocycles. The first kappa shape index (κ1) is 23.1. The summed E-state index contributed by atoms with van der Waals surface area (Å²) in [7, 11) is -2.50. The Kier molecular flexibility index (Phi) is 6.42. The zero-order valence-electron chi connectivity index (χ0n) is 18.0. The van der Waals surface area contributed by atoms with Gasteiger partial charge in [-0.25, -0.2) is 17.8 Å². The summed E-state index contributed by atoms with van der Waals surface area (Å²) in [5.74, 6) is -1.43. The second kappa shape index (κ2) is 8.89. The van der Waals surface area contributed by atoms with Gasteiger partial charge in [-0.15, -0.1) is 0 Å². The summed E-state index contributed by atoms with van der Waals surface area (Å²) < 4.78 is 27.9. The van der Waals surface area contributed by atoms with Crippen LogP contribution in [0.3, 0.4) is 0 Å². The van der Waals surface area contributed by atoms with Gasteiger partial charge in [0, 0.05) is 17.5 Å². The Morgan fingerprint density at radius 3 is 2.28 bits per heavy atom. The fourth-order valence-corrected chi connectivity index (χ4v) is 4.28. The van der Waals surface area contributed by atoms with Crippen molar-refractivity contribution < 1.29 is 18.0 Å². The Hall–Kier alpha value is -3.57. The highest BCUT2D eigenvalue weighted by Crippen LogP contribution is 2.21. The zero-order chi connectivity index (χ0) is 23.6. The fraction of sp³-hybridized carbons (Fsp3) is 0.238. The molecule has 0 bridgehead atoms. The number of nitrogens with one attached hydrogen (secondary N) is 3. The monoisotopic (exact) mass is 457 g/mol. The number of rotatable bonds is 5. The van der Waals surface area contributed by atoms with Crippen molar-refractivity contribution in [2.45, 2.75) is 32.2 Å². The number of benzene rings is 2. The van der Waals surface area contributed by atoms with Crippen molar-refractivity contribution in [2.24, 2.45) is 0 Å². The third-order valence-corrected chi connectivity index (χ3v) is 6.65. The van der Waals surface area contributed by atoms with Gasteiger partial charge in [0.2, 0.25) is 10.0 Å². The molecule has 11 heteroatoms. The number of fused-ring (bicyclic) bond motifs is 1. The minimum Gasteiger partial charge on any atom is -0.267 e. The lowest BCUT2D eigenvalue weighted by Gasteiger charge is -2.13. The molecule has 1 aromatic heterocycles. The largest absolute Gasteiger partial charge is 0.290 e. The standard InChI is InChI=1S/C21H23N5O5S/c1-5-26-21(29)16-9-7-6-8-15(16)18(25-26)20(28)24-23-19(27)14-10-12(2)13(3)17(11-14)32(30,31)22-4/h6-11,22H,5H2,1-4H3,(H,23,27)(H,24,28). The molecule has 168 valence electrons. The average Bonchev–Trinajstić information content (AvgIpc) is 2.79. The van der Waals surface area contributed by atoms with E-state index in [0.29, 0.717) is 21.9 Å². The van der Waals surface area contributed by atoms with Gasteiger partial charge in [0.25, 0.3) is 17.4 Å². The molecular weight excluding hydrogens is 434 g/mol. The van der Waals surface area contributed by atoms with Crippen molar-refractivity contribution in [3.05, 3.63) is 69.1 Å². The SMILES string of the molecule is CCn1nc(C(=O)NNC(=O)c2cc(C)c(C)c(S(=O)(=O)NC)c2)c2ccccc2c1=O. The normalized spacial score (nSPS) is 11.4. The van der Waals surface area contributed by atoms with Crippen LogP contribution >= 0.6 is 0 Å². The number of hydrazine groups is 1. The molecule has 3 rings (SSSR count). The molecule has 0 saturated heterocycles. The van der Waals surface area contributed by atoms with Crippen LogP contribution in [0.25, 0.3) is 10.8 Å². The number of hydrogen-bond acceptors (Lipinski definition) is 6. The summed E-state index contributed by atoms with van der Waals surface area (Å²) in [5, 5.41) is 4.79. The van der Waals surface area contributed by atoms with Gasteiger partial charge in [0.15, 0.2) is 5.69 Å². The van der Waals surface area contributed by atoms with Crippen LogP contribution in [0.15, 0.2) is 46.1 Å². The number of nitrogens with zero attached hydrogens (tertiary/aromatic N) is 2. The highest BCUT2D eigenvalue weighted by atomic mass is 32.2. The van der Waals surface area contributed by atoms with E-state index in [4.69, 9.17) is 0 Å². The van der Waals surface area contributed by atoms with E-state index in [2.05, 4.69) is 20.7 Å². The van der Waals surface area contributed by atoms with Crippen molar-refractivity contribution in [2.75, 3.05) is 7.05 Å². The summed E-state index contributed by atoms with van der Waals surface area (Å²) in [6, 6.07) is 9.31. The lowest BCUT2D eigenvalue weighted by atomic mass is 10.1. The van der Waals surface area contributed by atoms with Crippen LogP contribution in [-0.4, -0.2) is 37.1 Å². The molecule has 0 radical (unpaired) electrons. The molecule has 0 aliphatic heterocycles. The molecule has 0 unspecified atom stereocenters. The molecule has 0 fully saturated rings. The molecule has 3 aromatic rings. The molecule has 0 atom stereocenters. The molecule has 32 heavy (non-hydrogen) atoms. The van der Waals surface area contributed by atoms with Gasteiger partial charge in [-0.2, -0.15) is 5.10 Å². The maximum Gasteiger partial charge on any atom is 0.290 e. The van der Waals surface area contributed by atoms with Gasteiger partial charge >= 0.3 is 0 Å². The van der Waals surface area contributed by atoms with E-state index in [1.54, 1.807) is 45.0 Å². The molecule has 0 aliphatic rings. The van der Waals surface area contributed by atoms with Crippen molar-refractivity contribution >= 4 is 32.6 Å². The summed E-state index contributed by atoms with van der Waals surface area (Å²) in [6.45, 7) is 5.32. The van der Waals surface area contributed by atoms with Gasteiger partial charge in [0.05, 0.1) is 10.3 Å². The van der Waals surface area contributed by atoms with Gasteiger partial charge in [-0.1, -0.05) is 18.2 Å². The Labute approximate surface area is 184 Å². The molecule has 10 nitrogen and oxygen atoms in total. The molecule has 2 aromatic carbocycles.